The molecule has 0 spiro atoms. The molecular weight excluding hydrogens is 372 g/mol. The van der Waals surface area contributed by atoms with Crippen LogP contribution >= 0.6 is 11.3 Å². The number of likely N-dealkylation sites (tertiary alicyclic amines) is 1. The van der Waals surface area contributed by atoms with E-state index in [0.717, 1.165) is 46.4 Å². The number of carbonyl (C=O) groups is 1. The summed E-state index contributed by atoms with van der Waals surface area (Å²) in [4.78, 5) is 25.0. The fourth-order valence-electron chi connectivity index (χ4n) is 3.68. The number of anilines is 2. The van der Waals surface area contributed by atoms with Crippen LogP contribution in [-0.4, -0.2) is 43.8 Å². The van der Waals surface area contributed by atoms with Crippen molar-refractivity contribution in [3.8, 4) is 0 Å². The van der Waals surface area contributed by atoms with Gasteiger partial charge in [0.2, 0.25) is 5.91 Å². The summed E-state index contributed by atoms with van der Waals surface area (Å²) in [7, 11) is 0. The smallest absolute Gasteiger partial charge is 0.242 e. The molecule has 8 heteroatoms. The molecule has 3 aromatic heterocycles. The Hall–Kier alpha value is -2.45. The van der Waals surface area contributed by atoms with Crippen molar-refractivity contribution in [1.82, 2.24) is 19.3 Å². The summed E-state index contributed by atoms with van der Waals surface area (Å²) in [5.41, 5.74) is 7.17. The maximum Gasteiger partial charge on any atom is 0.242 e. The molecule has 0 aliphatic carbocycles. The molecule has 0 saturated carbocycles. The number of aryl methyl sites for hydroxylation is 1. The van der Waals surface area contributed by atoms with Gasteiger partial charge in [-0.3, -0.25) is 4.79 Å². The van der Waals surface area contributed by atoms with Crippen LogP contribution in [-0.2, 0) is 4.79 Å². The number of amides is 1. The van der Waals surface area contributed by atoms with E-state index in [1.54, 1.807) is 25.2 Å². The molecule has 4 rings (SSSR count). The van der Waals surface area contributed by atoms with Crippen molar-refractivity contribution in [2.45, 2.75) is 45.1 Å². The molecule has 148 valence electrons. The summed E-state index contributed by atoms with van der Waals surface area (Å²) in [5, 5.41) is 4.20. The van der Waals surface area contributed by atoms with Crippen LogP contribution in [0.4, 0.5) is 10.9 Å². The zero-order chi connectivity index (χ0) is 19.9. The topological polar surface area (TPSA) is 88.5 Å². The maximum atomic E-state index is 12.6. The van der Waals surface area contributed by atoms with Gasteiger partial charge in [-0.05, 0) is 45.7 Å². The highest BCUT2D eigenvalue weighted by atomic mass is 32.1. The summed E-state index contributed by atoms with van der Waals surface area (Å²) in [6.07, 6.45) is 7.90. The fraction of sp³-hybridized carbons (Fsp3) is 0.450. The molecule has 1 saturated heterocycles. The number of hydrogen-bond donors (Lipinski definition) is 2. The molecule has 1 aliphatic rings. The van der Waals surface area contributed by atoms with E-state index in [-0.39, 0.29) is 11.8 Å². The van der Waals surface area contributed by atoms with Gasteiger partial charge in [-0.1, -0.05) is 0 Å². The normalized spacial score (nSPS) is 17.9. The van der Waals surface area contributed by atoms with Crippen LogP contribution in [0, 0.1) is 6.92 Å². The molecule has 3 aromatic rings. The predicted octanol–water partition coefficient (Wildman–Crippen LogP) is 3.29. The number of aromatic nitrogens is 3. The third-order valence-electron chi connectivity index (χ3n) is 5.06. The number of rotatable bonds is 4. The largest absolute Gasteiger partial charge is 0.340 e. The minimum Gasteiger partial charge on any atom is -0.340 e. The molecule has 1 fully saturated rings. The van der Waals surface area contributed by atoms with Gasteiger partial charge >= 0.3 is 0 Å². The standard InChI is InChI=1S/C20H26N6OS/c1-13-10-22-19(28-13)24-17-16-7-5-8-25(16)12-15(23-17)14-6-4-9-26(11-14)18(27)20(2,3)21/h5,7-8,10,12,14H,4,6,9,11,21H2,1-3H3,(H,22,23,24). The second kappa shape index (κ2) is 7.18. The minimum atomic E-state index is -0.852. The van der Waals surface area contributed by atoms with Gasteiger partial charge < -0.3 is 20.4 Å². The van der Waals surface area contributed by atoms with Crippen molar-refractivity contribution in [3.63, 3.8) is 0 Å². The molecule has 4 heterocycles. The third-order valence-corrected chi connectivity index (χ3v) is 5.89. The zero-order valence-electron chi connectivity index (χ0n) is 16.5. The van der Waals surface area contributed by atoms with Crippen molar-refractivity contribution >= 4 is 33.7 Å². The molecule has 3 N–H and O–H groups in total. The van der Waals surface area contributed by atoms with Crippen LogP contribution in [0.25, 0.3) is 5.52 Å². The van der Waals surface area contributed by atoms with Crippen molar-refractivity contribution in [2.24, 2.45) is 5.73 Å². The van der Waals surface area contributed by atoms with Gasteiger partial charge in [0.1, 0.15) is 0 Å². The summed E-state index contributed by atoms with van der Waals surface area (Å²) in [6.45, 7) is 6.97. The number of nitrogens with zero attached hydrogens (tertiary/aromatic N) is 4. The van der Waals surface area contributed by atoms with Crippen LogP contribution < -0.4 is 11.1 Å². The zero-order valence-corrected chi connectivity index (χ0v) is 17.3. The molecule has 28 heavy (non-hydrogen) atoms. The van der Waals surface area contributed by atoms with Crippen molar-refractivity contribution in [3.05, 3.63) is 41.3 Å². The average Bonchev–Trinajstić information content (AvgIpc) is 3.29. The Morgan fingerprint density at radius 3 is 2.96 bits per heavy atom. The molecule has 0 aromatic carbocycles. The Morgan fingerprint density at radius 2 is 2.25 bits per heavy atom. The first-order chi connectivity index (χ1) is 13.3. The average molecular weight is 399 g/mol. The quantitative estimate of drug-likeness (QED) is 0.704. The second-order valence-corrected chi connectivity index (χ2v) is 9.26. The van der Waals surface area contributed by atoms with E-state index >= 15 is 0 Å². The number of thiazole rings is 1. The maximum absolute atomic E-state index is 12.6. The summed E-state index contributed by atoms with van der Waals surface area (Å²) >= 11 is 1.60. The predicted molar refractivity (Wildman–Crippen MR) is 112 cm³/mol. The van der Waals surface area contributed by atoms with E-state index in [1.807, 2.05) is 36.4 Å². The monoisotopic (exact) mass is 398 g/mol. The number of nitrogens with one attached hydrogen (secondary N) is 1. The first-order valence-corrected chi connectivity index (χ1v) is 10.4. The van der Waals surface area contributed by atoms with Crippen LogP contribution in [0.1, 0.15) is 43.2 Å². The lowest BCUT2D eigenvalue weighted by Crippen LogP contribution is -2.53. The Kier molecular flexibility index (Phi) is 4.84. The summed E-state index contributed by atoms with van der Waals surface area (Å²) < 4.78 is 2.08. The Morgan fingerprint density at radius 1 is 1.43 bits per heavy atom. The van der Waals surface area contributed by atoms with E-state index in [9.17, 15) is 4.79 Å². The molecular formula is C20H26N6OS. The second-order valence-electron chi connectivity index (χ2n) is 8.03. The summed E-state index contributed by atoms with van der Waals surface area (Å²) in [5.74, 6) is 0.973. The lowest BCUT2D eigenvalue weighted by Gasteiger charge is -2.36. The van der Waals surface area contributed by atoms with Gasteiger partial charge in [-0.25, -0.2) is 9.97 Å². The molecule has 1 unspecified atom stereocenters. The van der Waals surface area contributed by atoms with E-state index in [1.165, 1.54) is 0 Å². The van der Waals surface area contributed by atoms with Crippen LogP contribution in [0.5, 0.6) is 0 Å². The first-order valence-electron chi connectivity index (χ1n) is 9.56. The fourth-order valence-corrected chi connectivity index (χ4v) is 4.34. The first kappa shape index (κ1) is 18.9. The highest BCUT2D eigenvalue weighted by Gasteiger charge is 2.32. The third kappa shape index (κ3) is 3.74. The van der Waals surface area contributed by atoms with E-state index in [4.69, 9.17) is 10.7 Å². The number of piperidine rings is 1. The highest BCUT2D eigenvalue weighted by Crippen LogP contribution is 2.30. The molecule has 1 atom stereocenters. The number of fused-ring (bicyclic) bond motifs is 1. The lowest BCUT2D eigenvalue weighted by atomic mass is 9.93. The van der Waals surface area contributed by atoms with Gasteiger partial charge in [0.25, 0.3) is 0 Å². The summed E-state index contributed by atoms with van der Waals surface area (Å²) in [6, 6.07) is 4.04. The number of carbonyl (C=O) groups excluding carboxylic acids is 1. The lowest BCUT2D eigenvalue weighted by molar-refractivity contribution is -0.137. The van der Waals surface area contributed by atoms with Crippen LogP contribution in [0.2, 0.25) is 0 Å². The number of nitrogens with two attached hydrogens (primary N) is 1. The van der Waals surface area contributed by atoms with Crippen molar-refractivity contribution < 1.29 is 4.79 Å². The molecule has 7 nitrogen and oxygen atoms in total. The van der Waals surface area contributed by atoms with Gasteiger partial charge in [0.15, 0.2) is 10.9 Å². The Bertz CT molecular complexity index is 1000. The van der Waals surface area contributed by atoms with Crippen LogP contribution in [0.3, 0.4) is 0 Å². The van der Waals surface area contributed by atoms with Crippen molar-refractivity contribution in [1.29, 1.82) is 0 Å². The van der Waals surface area contributed by atoms with E-state index in [0.29, 0.717) is 6.54 Å². The van der Waals surface area contributed by atoms with E-state index < -0.39 is 5.54 Å². The number of hydrogen-bond acceptors (Lipinski definition) is 6. The van der Waals surface area contributed by atoms with Crippen LogP contribution in [0.15, 0.2) is 30.7 Å². The van der Waals surface area contributed by atoms with Gasteiger partial charge in [-0.15, -0.1) is 11.3 Å². The van der Waals surface area contributed by atoms with E-state index in [2.05, 4.69) is 20.9 Å². The molecule has 1 aliphatic heterocycles. The molecule has 1 amide bonds. The van der Waals surface area contributed by atoms with Gasteiger partial charge in [-0.2, -0.15) is 0 Å². The SMILES string of the molecule is Cc1cnc(Nc2nc(C3CCCN(C(=O)C(C)(C)N)C3)cn3cccc23)s1. The molecule has 0 radical (unpaired) electrons. The molecule has 0 bridgehead atoms. The van der Waals surface area contributed by atoms with Gasteiger partial charge in [0.05, 0.1) is 16.7 Å². The Balaban J connectivity index is 1.64. The highest BCUT2D eigenvalue weighted by molar-refractivity contribution is 7.15. The Labute approximate surface area is 168 Å². The van der Waals surface area contributed by atoms with Crippen molar-refractivity contribution in [2.75, 3.05) is 18.4 Å². The van der Waals surface area contributed by atoms with Gasteiger partial charge in [0, 0.05) is 42.5 Å². The minimum absolute atomic E-state index is 0.00384.